The number of carbonyl (C=O) groups excluding carboxylic acids is 1. The highest BCUT2D eigenvalue weighted by Gasteiger charge is 2.28. The first-order valence-electron chi connectivity index (χ1n) is 15.5. The van der Waals surface area contributed by atoms with Gasteiger partial charge in [-0.1, -0.05) is 30.3 Å². The number of amides is 2. The molecule has 2 aliphatic rings. The quantitative estimate of drug-likeness (QED) is 0.206. The summed E-state index contributed by atoms with van der Waals surface area (Å²) in [5.74, 6) is 2.16. The summed E-state index contributed by atoms with van der Waals surface area (Å²) in [4.78, 5) is 27.4. The molecule has 1 aromatic carbocycles. The van der Waals surface area contributed by atoms with E-state index >= 15 is 0 Å². The van der Waals surface area contributed by atoms with Crippen LogP contribution in [-0.4, -0.2) is 66.7 Å². The molecular weight excluding hydrogens is 566 g/mol. The summed E-state index contributed by atoms with van der Waals surface area (Å²) in [5.41, 5.74) is 4.37. The van der Waals surface area contributed by atoms with Crippen LogP contribution < -0.4 is 21.3 Å². The van der Waals surface area contributed by atoms with Gasteiger partial charge in [0, 0.05) is 55.9 Å². The Balaban J connectivity index is 1.16. The van der Waals surface area contributed by atoms with E-state index in [0.717, 1.165) is 61.3 Å². The first kappa shape index (κ1) is 29.9. The fourth-order valence-electron chi connectivity index (χ4n) is 5.82. The lowest BCUT2D eigenvalue weighted by molar-refractivity contribution is -0.342. The Morgan fingerprint density at radius 1 is 1.07 bits per heavy atom. The van der Waals surface area contributed by atoms with E-state index in [4.69, 9.17) is 4.98 Å². The standard InChI is InChI=1S/C33H37N11O/c1-43-22-27(21-40-43)25-7-12-30(36-19-25)44(33(45)39-17-23-5-3-2-4-6-23)29-10-8-28(9-11-29)41-32-38-20-26(15-34)31(42-32)37-18-24-13-14-35-16-24/h2-7,12,19-22,24,28,35H,8-11,13-14,16-18H2,1H3,(H2-,37,38,39,41,42,45)/p+1. The topological polar surface area (TPSA) is 148 Å². The van der Waals surface area contributed by atoms with Crippen LogP contribution in [0.2, 0.25) is 0 Å². The molecular formula is C33H38N11O+. The third-order valence-corrected chi connectivity index (χ3v) is 8.35. The van der Waals surface area contributed by atoms with Crippen LogP contribution in [0.1, 0.15) is 43.2 Å². The molecule has 2 fully saturated rings. The summed E-state index contributed by atoms with van der Waals surface area (Å²) in [6, 6.07) is 15.9. The van der Waals surface area contributed by atoms with Crippen LogP contribution in [0.15, 0.2) is 67.3 Å². The van der Waals surface area contributed by atoms with Crippen molar-refractivity contribution in [2.24, 2.45) is 13.0 Å². The summed E-state index contributed by atoms with van der Waals surface area (Å²) in [6.45, 7) is 3.18. The smallest absolute Gasteiger partial charge is 0.368 e. The fraction of sp³-hybridized carbons (Fsp3) is 0.364. The zero-order chi connectivity index (χ0) is 31.0. The van der Waals surface area contributed by atoms with Crippen LogP contribution in [-0.2, 0) is 13.6 Å². The molecule has 1 aliphatic carbocycles. The Labute approximate surface area is 262 Å². The van der Waals surface area contributed by atoms with E-state index in [1.165, 1.54) is 0 Å². The van der Waals surface area contributed by atoms with E-state index < -0.39 is 0 Å². The lowest BCUT2D eigenvalue weighted by Gasteiger charge is -2.25. The number of nitrogens with zero attached hydrogens (tertiary/aromatic N) is 7. The van der Waals surface area contributed by atoms with Gasteiger partial charge in [-0.15, -0.1) is 4.98 Å². The normalized spacial score (nSPS) is 17.8. The van der Waals surface area contributed by atoms with Gasteiger partial charge in [0.25, 0.3) is 5.82 Å². The van der Waals surface area contributed by atoms with Gasteiger partial charge in [-0.2, -0.15) is 19.9 Å². The van der Waals surface area contributed by atoms with Gasteiger partial charge in [0.05, 0.1) is 24.7 Å². The molecule has 1 unspecified atom stereocenters. The van der Waals surface area contributed by atoms with Crippen molar-refractivity contribution in [3.8, 4) is 17.2 Å². The summed E-state index contributed by atoms with van der Waals surface area (Å²) in [6.07, 6.45) is 11.2. The maximum absolute atomic E-state index is 13.7. The van der Waals surface area contributed by atoms with E-state index in [1.807, 2.05) is 55.7 Å². The molecule has 6 rings (SSSR count). The van der Waals surface area contributed by atoms with Crippen molar-refractivity contribution >= 4 is 29.3 Å². The molecule has 0 radical (unpaired) electrons. The minimum atomic E-state index is -0.203. The summed E-state index contributed by atoms with van der Waals surface area (Å²) in [5, 5.41) is 27.1. The van der Waals surface area contributed by atoms with Gasteiger partial charge in [-0.05, 0) is 49.9 Å². The molecule has 0 spiro atoms. The summed E-state index contributed by atoms with van der Waals surface area (Å²) in [7, 11) is 1.88. The minimum Gasteiger partial charge on any atom is -0.368 e. The fourth-order valence-corrected chi connectivity index (χ4v) is 5.82. The Bertz CT molecular complexity index is 1680. The lowest BCUT2D eigenvalue weighted by atomic mass is 9.93. The number of pyridine rings is 1. The predicted octanol–water partition coefficient (Wildman–Crippen LogP) is 4.21. The Morgan fingerprint density at radius 2 is 1.91 bits per heavy atom. The number of anilines is 2. The van der Waals surface area contributed by atoms with Crippen molar-refractivity contribution < 1.29 is 9.37 Å². The maximum atomic E-state index is 13.7. The van der Waals surface area contributed by atoms with E-state index in [9.17, 15) is 10.1 Å². The van der Waals surface area contributed by atoms with Crippen LogP contribution in [0.5, 0.6) is 0 Å². The Morgan fingerprint density at radius 3 is 2.60 bits per heavy atom. The molecule has 2 amide bonds. The van der Waals surface area contributed by atoms with Gasteiger partial charge in [0.15, 0.2) is 0 Å². The van der Waals surface area contributed by atoms with Gasteiger partial charge >= 0.3 is 6.03 Å². The van der Waals surface area contributed by atoms with Gasteiger partial charge in [-0.3, -0.25) is 10.00 Å². The van der Waals surface area contributed by atoms with Crippen LogP contribution >= 0.6 is 0 Å². The monoisotopic (exact) mass is 604 g/mol. The Kier molecular flexibility index (Phi) is 9.36. The second-order valence-electron chi connectivity index (χ2n) is 11.6. The number of hydrogen-bond donors (Lipinski definition) is 4. The van der Waals surface area contributed by atoms with Gasteiger partial charge in [-0.25, -0.2) is 9.78 Å². The van der Waals surface area contributed by atoms with Crippen molar-refractivity contribution in [2.75, 3.05) is 30.3 Å². The maximum Gasteiger partial charge on any atom is 0.441 e. The number of aryl methyl sites for hydroxylation is 1. The molecule has 4 aromatic rings. The zero-order valence-corrected chi connectivity index (χ0v) is 25.4. The molecule has 3 aromatic heterocycles. The molecule has 12 nitrogen and oxygen atoms in total. The van der Waals surface area contributed by atoms with E-state index in [2.05, 4.69) is 42.4 Å². The molecule has 4 heterocycles. The minimum absolute atomic E-state index is 0.128. The summed E-state index contributed by atoms with van der Waals surface area (Å²) < 4.78 is 3.48. The molecule has 1 saturated carbocycles. The number of hydrogen-bond acceptors (Lipinski definition) is 9. The average Bonchev–Trinajstić information content (AvgIpc) is 3.77. The third-order valence-electron chi connectivity index (χ3n) is 8.35. The van der Waals surface area contributed by atoms with Crippen molar-refractivity contribution in [3.05, 3.63) is 78.4 Å². The van der Waals surface area contributed by atoms with Crippen LogP contribution in [0.3, 0.4) is 0 Å². The Hall–Kier alpha value is -5.15. The van der Waals surface area contributed by atoms with Gasteiger partial charge in [0.2, 0.25) is 5.95 Å². The van der Waals surface area contributed by atoms with Crippen LogP contribution in [0.4, 0.5) is 22.4 Å². The van der Waals surface area contributed by atoms with Crippen LogP contribution in [0.25, 0.3) is 11.1 Å². The molecule has 1 saturated heterocycles. The molecule has 1 aliphatic heterocycles. The number of benzene rings is 1. The number of nitriles is 1. The van der Waals surface area contributed by atoms with E-state index in [1.54, 1.807) is 27.8 Å². The third kappa shape index (κ3) is 7.50. The second kappa shape index (κ2) is 14.1. The lowest BCUT2D eigenvalue weighted by Crippen LogP contribution is -2.37. The first-order valence-corrected chi connectivity index (χ1v) is 15.5. The number of nitrogens with one attached hydrogen (secondary N) is 4. The zero-order valence-electron chi connectivity index (χ0n) is 25.4. The first-order chi connectivity index (χ1) is 22.1. The highest BCUT2D eigenvalue weighted by Crippen LogP contribution is 2.25. The van der Waals surface area contributed by atoms with E-state index in [-0.39, 0.29) is 12.1 Å². The SMILES string of the molecule is Cn1cc(-c2ccc([N+](C(=O)NCc3ccccc3)=C3CCC(Nc4ncc(C#N)c(NCC5CCNC5)n4)CC3)nc2)cn1. The summed E-state index contributed by atoms with van der Waals surface area (Å²) >= 11 is 0. The molecule has 12 heteroatoms. The molecule has 1 atom stereocenters. The number of aromatic nitrogens is 5. The largest absolute Gasteiger partial charge is 0.441 e. The predicted molar refractivity (Wildman–Crippen MR) is 172 cm³/mol. The number of rotatable bonds is 9. The molecule has 230 valence electrons. The molecule has 4 N–H and O–H groups in total. The number of urea groups is 1. The van der Waals surface area contributed by atoms with Gasteiger partial charge < -0.3 is 16.0 Å². The van der Waals surface area contributed by atoms with Crippen molar-refractivity contribution in [1.29, 1.82) is 5.26 Å². The van der Waals surface area contributed by atoms with Gasteiger partial charge in [0.1, 0.15) is 23.6 Å². The van der Waals surface area contributed by atoms with Crippen molar-refractivity contribution in [1.82, 2.24) is 35.4 Å². The highest BCUT2D eigenvalue weighted by atomic mass is 16.2. The number of carbonyl (C=O) groups is 1. The van der Waals surface area contributed by atoms with Crippen LogP contribution in [0, 0.1) is 17.2 Å². The molecule has 0 bridgehead atoms. The second-order valence-corrected chi connectivity index (χ2v) is 11.6. The highest BCUT2D eigenvalue weighted by molar-refractivity contribution is 5.87. The van der Waals surface area contributed by atoms with Crippen molar-refractivity contribution in [3.63, 3.8) is 0 Å². The molecule has 45 heavy (non-hydrogen) atoms. The average molecular weight is 605 g/mol. The van der Waals surface area contributed by atoms with Crippen molar-refractivity contribution in [2.45, 2.75) is 44.7 Å². The van der Waals surface area contributed by atoms with E-state index in [0.29, 0.717) is 48.5 Å².